The molecule has 0 aliphatic heterocycles. The maximum atomic E-state index is 4.58. The first-order chi connectivity index (χ1) is 6.54. The lowest BCUT2D eigenvalue weighted by molar-refractivity contribution is 0.311. The molecule has 0 aliphatic carbocycles. The Balaban J connectivity index is 2.68. The first-order valence-corrected chi connectivity index (χ1v) is 6.30. The molecular formula is C10H18IN3. The second-order valence-corrected chi connectivity index (χ2v) is 4.67. The van der Waals surface area contributed by atoms with Crippen LogP contribution in [0.25, 0.3) is 0 Å². The molecule has 0 N–H and O–H groups in total. The van der Waals surface area contributed by atoms with Gasteiger partial charge < -0.3 is 9.47 Å². The number of nitrogens with zero attached hydrogens (tertiary/aromatic N) is 3. The molecule has 0 amide bonds. The maximum absolute atomic E-state index is 4.58. The normalized spacial score (nSPS) is 13.6. The molecular weight excluding hydrogens is 289 g/mol. The van der Waals surface area contributed by atoms with Crippen LogP contribution in [0.15, 0.2) is 6.20 Å². The molecule has 1 aromatic heterocycles. The van der Waals surface area contributed by atoms with Crippen molar-refractivity contribution in [3.8, 4) is 0 Å². The Morgan fingerprint density at radius 2 is 2.21 bits per heavy atom. The summed E-state index contributed by atoms with van der Waals surface area (Å²) in [6.07, 6.45) is 3.16. The number of halogens is 1. The van der Waals surface area contributed by atoms with Gasteiger partial charge in [-0.3, -0.25) is 0 Å². The molecule has 80 valence electrons. The zero-order valence-electron chi connectivity index (χ0n) is 9.29. The fourth-order valence-electron chi connectivity index (χ4n) is 1.28. The lowest BCUT2D eigenvalue weighted by Crippen LogP contribution is -2.26. The third kappa shape index (κ3) is 2.95. The van der Waals surface area contributed by atoms with E-state index < -0.39 is 0 Å². The third-order valence-electron chi connectivity index (χ3n) is 2.53. The van der Waals surface area contributed by atoms with E-state index in [1.165, 1.54) is 5.69 Å². The van der Waals surface area contributed by atoms with Crippen LogP contribution >= 0.6 is 22.6 Å². The summed E-state index contributed by atoms with van der Waals surface area (Å²) >= 11 is 2.35. The van der Waals surface area contributed by atoms with Crippen molar-refractivity contribution in [3.05, 3.63) is 17.7 Å². The third-order valence-corrected chi connectivity index (χ3v) is 3.21. The van der Waals surface area contributed by atoms with Gasteiger partial charge in [-0.05, 0) is 21.0 Å². The molecule has 1 rings (SSSR count). The van der Waals surface area contributed by atoms with Gasteiger partial charge in [-0.2, -0.15) is 0 Å². The predicted octanol–water partition coefficient (Wildman–Crippen LogP) is 1.85. The van der Waals surface area contributed by atoms with Crippen LogP contribution in [-0.4, -0.2) is 34.6 Å². The fourth-order valence-corrected chi connectivity index (χ4v) is 1.99. The maximum Gasteiger partial charge on any atom is 0.118 e. The van der Waals surface area contributed by atoms with Crippen LogP contribution in [0.1, 0.15) is 18.4 Å². The molecule has 0 aromatic carbocycles. The molecule has 14 heavy (non-hydrogen) atoms. The lowest BCUT2D eigenvalue weighted by Gasteiger charge is -2.18. The molecule has 0 saturated carbocycles. The Hall–Kier alpha value is -0.100. The second-order valence-electron chi connectivity index (χ2n) is 3.91. The first-order valence-electron chi connectivity index (χ1n) is 4.78. The highest BCUT2D eigenvalue weighted by molar-refractivity contribution is 14.1. The Bertz CT molecular complexity index is 294. The van der Waals surface area contributed by atoms with Crippen LogP contribution in [0.4, 0.5) is 0 Å². The van der Waals surface area contributed by atoms with Gasteiger partial charge in [0.2, 0.25) is 0 Å². The van der Waals surface area contributed by atoms with Crippen molar-refractivity contribution in [2.75, 3.05) is 14.1 Å². The molecule has 4 heteroatoms. The average molecular weight is 307 g/mol. The van der Waals surface area contributed by atoms with Crippen LogP contribution in [0.2, 0.25) is 0 Å². The number of hydrogen-bond acceptors (Lipinski definition) is 2. The van der Waals surface area contributed by atoms with E-state index in [0.29, 0.717) is 6.04 Å². The summed E-state index contributed by atoms with van der Waals surface area (Å²) in [5, 5.41) is 0. The van der Waals surface area contributed by atoms with Crippen molar-refractivity contribution in [1.82, 2.24) is 14.5 Å². The van der Waals surface area contributed by atoms with Gasteiger partial charge >= 0.3 is 0 Å². The van der Waals surface area contributed by atoms with Crippen molar-refractivity contribution in [2.24, 2.45) is 7.05 Å². The van der Waals surface area contributed by atoms with Gasteiger partial charge in [0.25, 0.3) is 0 Å². The fraction of sp³-hybridized carbons (Fsp3) is 0.700. The van der Waals surface area contributed by atoms with Crippen molar-refractivity contribution in [2.45, 2.75) is 23.8 Å². The lowest BCUT2D eigenvalue weighted by atomic mass is 10.2. The molecule has 0 bridgehead atoms. The van der Waals surface area contributed by atoms with Crippen LogP contribution in [0.5, 0.6) is 0 Å². The highest BCUT2D eigenvalue weighted by atomic mass is 127. The number of hydrogen-bond donors (Lipinski definition) is 0. The number of likely N-dealkylation sites (N-methyl/N-ethyl adjacent to an activating group) is 1. The zero-order chi connectivity index (χ0) is 10.7. The Labute approximate surface area is 99.6 Å². The van der Waals surface area contributed by atoms with E-state index in [1.807, 2.05) is 0 Å². The minimum atomic E-state index is 0.548. The molecule has 0 saturated heterocycles. The van der Waals surface area contributed by atoms with E-state index in [1.54, 1.807) is 0 Å². The quantitative estimate of drug-likeness (QED) is 0.625. The van der Waals surface area contributed by atoms with Crippen LogP contribution in [0, 0.1) is 0 Å². The van der Waals surface area contributed by atoms with Gasteiger partial charge in [0.05, 0.1) is 10.1 Å². The number of alkyl halides is 1. The minimum Gasteiger partial charge on any atom is -0.337 e. The molecule has 0 unspecified atom stereocenters. The van der Waals surface area contributed by atoms with E-state index >= 15 is 0 Å². The van der Waals surface area contributed by atoms with Gasteiger partial charge in [-0.25, -0.2) is 4.98 Å². The second kappa shape index (κ2) is 5.11. The highest BCUT2D eigenvalue weighted by Gasteiger charge is 2.09. The SMILES string of the molecule is C[C@H](Cc1cn(C)c(CI)n1)N(C)C. The molecule has 0 aliphatic rings. The smallest absolute Gasteiger partial charge is 0.118 e. The minimum absolute atomic E-state index is 0.548. The summed E-state index contributed by atoms with van der Waals surface area (Å²) in [5.74, 6) is 1.16. The van der Waals surface area contributed by atoms with E-state index in [9.17, 15) is 0 Å². The largest absolute Gasteiger partial charge is 0.337 e. The topological polar surface area (TPSA) is 21.1 Å². The molecule has 1 aromatic rings. The Kier molecular flexibility index (Phi) is 4.37. The number of aromatic nitrogens is 2. The zero-order valence-corrected chi connectivity index (χ0v) is 11.4. The molecule has 1 atom stereocenters. The molecule has 0 fully saturated rings. The van der Waals surface area contributed by atoms with E-state index in [-0.39, 0.29) is 0 Å². The summed E-state index contributed by atoms with van der Waals surface area (Å²) in [6.45, 7) is 2.22. The summed E-state index contributed by atoms with van der Waals surface area (Å²) in [4.78, 5) is 6.80. The van der Waals surface area contributed by atoms with Gasteiger partial charge in [-0.15, -0.1) is 0 Å². The predicted molar refractivity (Wildman–Crippen MR) is 67.8 cm³/mol. The van der Waals surface area contributed by atoms with Crippen LogP contribution in [-0.2, 0) is 17.9 Å². The summed E-state index contributed by atoms with van der Waals surface area (Å²) in [5.41, 5.74) is 1.19. The number of imidazole rings is 1. The van der Waals surface area contributed by atoms with Gasteiger partial charge in [0.1, 0.15) is 5.82 Å². The van der Waals surface area contributed by atoms with E-state index in [2.05, 4.69) is 71.3 Å². The first kappa shape index (κ1) is 12.0. The molecule has 0 spiro atoms. The van der Waals surface area contributed by atoms with Crippen molar-refractivity contribution < 1.29 is 0 Å². The molecule has 0 radical (unpaired) electrons. The van der Waals surface area contributed by atoms with E-state index in [0.717, 1.165) is 16.7 Å². The average Bonchev–Trinajstić information content (AvgIpc) is 2.45. The summed E-state index contributed by atoms with van der Waals surface area (Å²) < 4.78 is 3.09. The number of aryl methyl sites for hydroxylation is 1. The standard InChI is InChI=1S/C10H18IN3/c1-8(13(2)3)5-9-7-14(4)10(6-11)12-9/h7-8H,5-6H2,1-4H3/t8-/m1/s1. The van der Waals surface area contributed by atoms with Crippen molar-refractivity contribution >= 4 is 22.6 Å². The van der Waals surface area contributed by atoms with Gasteiger partial charge in [-0.1, -0.05) is 22.6 Å². The summed E-state index contributed by atoms with van der Waals surface area (Å²) in [7, 11) is 6.27. The number of rotatable bonds is 4. The molecule has 3 nitrogen and oxygen atoms in total. The van der Waals surface area contributed by atoms with E-state index in [4.69, 9.17) is 0 Å². The summed E-state index contributed by atoms with van der Waals surface area (Å²) in [6, 6.07) is 0.548. The monoisotopic (exact) mass is 307 g/mol. The van der Waals surface area contributed by atoms with Crippen LogP contribution in [0.3, 0.4) is 0 Å². The Morgan fingerprint density at radius 3 is 2.64 bits per heavy atom. The Morgan fingerprint density at radius 1 is 1.57 bits per heavy atom. The van der Waals surface area contributed by atoms with Crippen molar-refractivity contribution in [1.29, 1.82) is 0 Å². The highest BCUT2D eigenvalue weighted by Crippen LogP contribution is 2.09. The van der Waals surface area contributed by atoms with Gasteiger partial charge in [0.15, 0.2) is 0 Å². The van der Waals surface area contributed by atoms with Crippen LogP contribution < -0.4 is 0 Å². The molecule has 1 heterocycles. The van der Waals surface area contributed by atoms with Gasteiger partial charge in [0, 0.05) is 25.7 Å². The van der Waals surface area contributed by atoms with Crippen molar-refractivity contribution in [3.63, 3.8) is 0 Å².